The average molecular weight is 390 g/mol. The van der Waals surface area contributed by atoms with Gasteiger partial charge in [-0.25, -0.2) is 4.79 Å². The first kappa shape index (κ1) is 22.2. The van der Waals surface area contributed by atoms with Gasteiger partial charge in [0.15, 0.2) is 0 Å². The summed E-state index contributed by atoms with van der Waals surface area (Å²) in [5.41, 5.74) is 2.66. The number of rotatable bonds is 8. The number of carbonyl (C=O) groups is 2. The molecule has 6 heteroatoms. The molecule has 1 unspecified atom stereocenters. The lowest BCUT2D eigenvalue weighted by molar-refractivity contribution is -0.138. The topological polar surface area (TPSA) is 72.9 Å². The van der Waals surface area contributed by atoms with Crippen molar-refractivity contribution in [3.05, 3.63) is 35.4 Å². The Labute approximate surface area is 168 Å². The number of aryl methyl sites for hydroxylation is 1. The first-order valence-electron chi connectivity index (χ1n) is 10.4. The summed E-state index contributed by atoms with van der Waals surface area (Å²) >= 11 is 0. The molecule has 0 radical (unpaired) electrons. The summed E-state index contributed by atoms with van der Waals surface area (Å²) in [6.45, 7) is 6.52. The van der Waals surface area contributed by atoms with E-state index in [1.807, 2.05) is 16.8 Å². The van der Waals surface area contributed by atoms with Gasteiger partial charge in [0.1, 0.15) is 0 Å². The van der Waals surface area contributed by atoms with Gasteiger partial charge in [-0.05, 0) is 56.2 Å². The number of carbonyl (C=O) groups excluding carboxylic acids is 1. The lowest BCUT2D eigenvalue weighted by atomic mass is 10.0. The quantitative estimate of drug-likeness (QED) is 0.669. The number of nitrogens with one attached hydrogen (secondary N) is 1. The predicted octanol–water partition coefficient (Wildman–Crippen LogP) is 3.32. The molecular formula is C22H35N3O3. The van der Waals surface area contributed by atoms with Crippen LogP contribution in [0, 0.1) is 0 Å². The van der Waals surface area contributed by atoms with Gasteiger partial charge in [-0.15, -0.1) is 0 Å². The van der Waals surface area contributed by atoms with Crippen LogP contribution in [0.4, 0.5) is 4.79 Å². The van der Waals surface area contributed by atoms with E-state index < -0.39 is 5.97 Å². The second-order valence-electron chi connectivity index (χ2n) is 8.11. The maximum Gasteiger partial charge on any atom is 0.317 e. The van der Waals surface area contributed by atoms with Crippen LogP contribution in [0.25, 0.3) is 0 Å². The molecule has 0 saturated carbocycles. The molecule has 1 aromatic carbocycles. The van der Waals surface area contributed by atoms with Crippen molar-refractivity contribution in [1.82, 2.24) is 15.1 Å². The van der Waals surface area contributed by atoms with E-state index >= 15 is 0 Å². The third-order valence-corrected chi connectivity index (χ3v) is 5.56. The lowest BCUT2D eigenvalue weighted by Gasteiger charge is -2.25. The van der Waals surface area contributed by atoms with Gasteiger partial charge in [0, 0.05) is 25.7 Å². The highest BCUT2D eigenvalue weighted by molar-refractivity contribution is 5.74. The summed E-state index contributed by atoms with van der Waals surface area (Å²) in [4.78, 5) is 27.1. The number of likely N-dealkylation sites (N-methyl/N-ethyl adjacent to an activating group) is 1. The lowest BCUT2D eigenvalue weighted by Crippen LogP contribution is -2.42. The van der Waals surface area contributed by atoms with Crippen molar-refractivity contribution in [2.75, 3.05) is 33.2 Å². The molecule has 6 nitrogen and oxygen atoms in total. The molecular weight excluding hydrogens is 354 g/mol. The van der Waals surface area contributed by atoms with Crippen LogP contribution >= 0.6 is 0 Å². The van der Waals surface area contributed by atoms with Crippen LogP contribution in [0.5, 0.6) is 0 Å². The molecule has 156 valence electrons. The molecule has 1 aromatic rings. The van der Waals surface area contributed by atoms with Crippen molar-refractivity contribution >= 4 is 12.0 Å². The molecule has 2 N–H and O–H groups in total. The van der Waals surface area contributed by atoms with Gasteiger partial charge in [0.2, 0.25) is 0 Å². The molecule has 0 bridgehead atoms. The third kappa shape index (κ3) is 7.15. The van der Waals surface area contributed by atoms with Gasteiger partial charge in [0.05, 0.1) is 6.54 Å². The zero-order chi connectivity index (χ0) is 20.5. The Kier molecular flexibility index (Phi) is 8.77. The molecule has 28 heavy (non-hydrogen) atoms. The molecule has 0 aliphatic carbocycles. The van der Waals surface area contributed by atoms with Gasteiger partial charge in [-0.1, -0.05) is 38.1 Å². The SMILES string of the molecule is CC(C)c1ccc(CCCNC(=O)N2CCCC(N(C)CC(=O)O)CC2)cc1. The normalized spacial score (nSPS) is 17.6. The van der Waals surface area contributed by atoms with Gasteiger partial charge in [0.25, 0.3) is 0 Å². The number of aliphatic carboxylic acids is 1. The zero-order valence-electron chi connectivity index (χ0n) is 17.5. The van der Waals surface area contributed by atoms with Crippen molar-refractivity contribution in [3.8, 4) is 0 Å². The highest BCUT2D eigenvalue weighted by atomic mass is 16.4. The molecule has 1 fully saturated rings. The van der Waals surface area contributed by atoms with Gasteiger partial charge >= 0.3 is 12.0 Å². The van der Waals surface area contributed by atoms with Gasteiger partial charge in [-0.3, -0.25) is 9.69 Å². The predicted molar refractivity (Wildman–Crippen MR) is 112 cm³/mol. The number of carboxylic acids is 1. The average Bonchev–Trinajstić information content (AvgIpc) is 2.91. The van der Waals surface area contributed by atoms with Crippen LogP contribution < -0.4 is 5.32 Å². The molecule has 0 spiro atoms. The van der Waals surface area contributed by atoms with Crippen LogP contribution in [-0.2, 0) is 11.2 Å². The number of carboxylic acid groups (broad SMARTS) is 1. The largest absolute Gasteiger partial charge is 0.480 e. The summed E-state index contributed by atoms with van der Waals surface area (Å²) in [5, 5.41) is 12.0. The second kappa shape index (κ2) is 11.1. The first-order valence-corrected chi connectivity index (χ1v) is 10.4. The molecule has 0 aromatic heterocycles. The smallest absolute Gasteiger partial charge is 0.317 e. The fraction of sp³-hybridized carbons (Fsp3) is 0.636. The number of hydrogen-bond donors (Lipinski definition) is 2. The van der Waals surface area contributed by atoms with Crippen LogP contribution in [-0.4, -0.2) is 66.2 Å². The molecule has 1 atom stereocenters. The Balaban J connectivity index is 1.69. The van der Waals surface area contributed by atoms with E-state index in [1.54, 1.807) is 0 Å². The number of hydrogen-bond acceptors (Lipinski definition) is 3. The van der Waals surface area contributed by atoms with E-state index in [1.165, 1.54) is 11.1 Å². The van der Waals surface area contributed by atoms with Crippen LogP contribution in [0.1, 0.15) is 56.6 Å². The highest BCUT2D eigenvalue weighted by Crippen LogP contribution is 2.17. The molecule has 2 rings (SSSR count). The Bertz CT molecular complexity index is 630. The Morgan fingerprint density at radius 1 is 1.21 bits per heavy atom. The zero-order valence-corrected chi connectivity index (χ0v) is 17.5. The monoisotopic (exact) mass is 389 g/mol. The van der Waals surface area contributed by atoms with E-state index in [4.69, 9.17) is 5.11 Å². The minimum atomic E-state index is -0.805. The molecule has 1 heterocycles. The minimum Gasteiger partial charge on any atom is -0.480 e. The number of nitrogens with zero attached hydrogens (tertiary/aromatic N) is 2. The molecule has 2 amide bonds. The molecule has 1 aliphatic heterocycles. The summed E-state index contributed by atoms with van der Waals surface area (Å²) in [6, 6.07) is 8.96. The second-order valence-corrected chi connectivity index (χ2v) is 8.11. The Morgan fingerprint density at radius 3 is 2.57 bits per heavy atom. The number of benzene rings is 1. The number of amides is 2. The van der Waals surface area contributed by atoms with Gasteiger partial charge in [-0.2, -0.15) is 0 Å². The number of likely N-dealkylation sites (tertiary alicyclic amines) is 1. The van der Waals surface area contributed by atoms with Crippen molar-refractivity contribution < 1.29 is 14.7 Å². The summed E-state index contributed by atoms with van der Waals surface area (Å²) in [6.07, 6.45) is 4.54. The van der Waals surface area contributed by atoms with E-state index in [0.717, 1.165) is 38.6 Å². The van der Waals surface area contributed by atoms with Crippen LogP contribution in [0.3, 0.4) is 0 Å². The number of urea groups is 1. The van der Waals surface area contributed by atoms with Crippen LogP contribution in [0.15, 0.2) is 24.3 Å². The molecule has 1 aliphatic rings. The standard InChI is InChI=1S/C22H35N3O3/c1-17(2)19-10-8-18(9-11-19)6-4-13-23-22(28)25-14-5-7-20(12-15-25)24(3)16-21(26)27/h8-11,17,20H,4-7,12-16H2,1-3H3,(H,23,28)(H,26,27). The van der Waals surface area contributed by atoms with Crippen molar-refractivity contribution in [2.45, 2.75) is 57.9 Å². The maximum absolute atomic E-state index is 12.4. The molecule has 1 saturated heterocycles. The minimum absolute atomic E-state index is 0.00306. The van der Waals surface area contributed by atoms with Crippen LogP contribution in [0.2, 0.25) is 0 Å². The Hall–Kier alpha value is -2.08. The fourth-order valence-electron chi connectivity index (χ4n) is 3.73. The van der Waals surface area contributed by atoms with Crippen molar-refractivity contribution in [3.63, 3.8) is 0 Å². The summed E-state index contributed by atoms with van der Waals surface area (Å²) in [7, 11) is 1.85. The van der Waals surface area contributed by atoms with E-state index in [9.17, 15) is 9.59 Å². The maximum atomic E-state index is 12.4. The van der Waals surface area contributed by atoms with Gasteiger partial charge < -0.3 is 15.3 Å². The summed E-state index contributed by atoms with van der Waals surface area (Å²) in [5.74, 6) is -0.259. The third-order valence-electron chi connectivity index (χ3n) is 5.56. The van der Waals surface area contributed by atoms with E-state index in [-0.39, 0.29) is 18.6 Å². The Morgan fingerprint density at radius 2 is 1.93 bits per heavy atom. The first-order chi connectivity index (χ1) is 13.4. The highest BCUT2D eigenvalue weighted by Gasteiger charge is 2.23. The van der Waals surface area contributed by atoms with E-state index in [0.29, 0.717) is 19.0 Å². The van der Waals surface area contributed by atoms with Crippen molar-refractivity contribution in [2.24, 2.45) is 0 Å². The van der Waals surface area contributed by atoms with E-state index in [2.05, 4.69) is 43.4 Å². The summed E-state index contributed by atoms with van der Waals surface area (Å²) < 4.78 is 0. The fourth-order valence-corrected chi connectivity index (χ4v) is 3.73. The van der Waals surface area contributed by atoms with Crippen molar-refractivity contribution in [1.29, 1.82) is 0 Å².